The van der Waals surface area contributed by atoms with Crippen LogP contribution in [0.4, 0.5) is 0 Å². The molecule has 0 saturated heterocycles. The zero-order valence-corrected chi connectivity index (χ0v) is 10.9. The molecule has 3 nitrogen and oxygen atoms in total. The van der Waals surface area contributed by atoms with E-state index in [0.29, 0.717) is 13.2 Å². The van der Waals surface area contributed by atoms with E-state index in [-0.39, 0.29) is 6.10 Å². The summed E-state index contributed by atoms with van der Waals surface area (Å²) in [7, 11) is 0. The molecule has 0 aromatic heterocycles. The highest BCUT2D eigenvalue weighted by Crippen LogP contribution is 2.00. The van der Waals surface area contributed by atoms with Crippen molar-refractivity contribution < 1.29 is 14.7 Å². The number of aliphatic hydroxyl groups excluding tert-OH is 1. The molecule has 0 aliphatic heterocycles. The van der Waals surface area contributed by atoms with E-state index in [1.807, 2.05) is 30.3 Å². The Morgan fingerprint density at radius 2 is 1.82 bits per heavy atom. The first-order valence-corrected chi connectivity index (χ1v) is 6.39. The second kappa shape index (κ2) is 8.23. The largest absolute Gasteiger partial charge is 0.385 e. The smallest absolute Gasteiger partial charge is 0.126 e. The molecule has 3 heteroatoms. The van der Waals surface area contributed by atoms with Crippen LogP contribution in [0.3, 0.4) is 0 Å². The van der Waals surface area contributed by atoms with Gasteiger partial charge in [0.1, 0.15) is 12.6 Å². The molecule has 0 radical (unpaired) electrons. The van der Waals surface area contributed by atoms with Crippen LogP contribution in [0.15, 0.2) is 30.3 Å². The summed E-state index contributed by atoms with van der Waals surface area (Å²) in [6.45, 7) is 8.12. The molecule has 2 N–H and O–H groups in total. The number of rotatable bonds is 8. The normalized spacial score (nSPS) is 12.9. The van der Waals surface area contributed by atoms with Gasteiger partial charge in [0, 0.05) is 0 Å². The Labute approximate surface area is 104 Å². The predicted molar refractivity (Wildman–Crippen MR) is 69.0 cm³/mol. The monoisotopic (exact) mass is 238 g/mol. The molecule has 1 atom stereocenters. The molecule has 0 saturated carbocycles. The van der Waals surface area contributed by atoms with Gasteiger partial charge in [-0.3, -0.25) is 0 Å². The molecule has 0 aliphatic rings. The Morgan fingerprint density at radius 3 is 2.41 bits per heavy atom. The lowest BCUT2D eigenvalue weighted by atomic mass is 10.2. The number of hydrogen-bond donors (Lipinski definition) is 2. The third-order valence-corrected chi connectivity index (χ3v) is 2.95. The molecule has 0 amide bonds. The molecule has 0 heterocycles. The van der Waals surface area contributed by atoms with Gasteiger partial charge in [-0.1, -0.05) is 30.3 Å². The highest BCUT2D eigenvalue weighted by atomic mass is 16.5. The first-order valence-electron chi connectivity index (χ1n) is 6.39. The van der Waals surface area contributed by atoms with Crippen molar-refractivity contribution >= 4 is 0 Å². The lowest BCUT2D eigenvalue weighted by Gasteiger charge is -2.19. The Morgan fingerprint density at radius 1 is 1.18 bits per heavy atom. The van der Waals surface area contributed by atoms with Crippen molar-refractivity contribution in [1.29, 1.82) is 0 Å². The van der Waals surface area contributed by atoms with E-state index in [1.54, 1.807) is 0 Å². The highest BCUT2D eigenvalue weighted by molar-refractivity contribution is 5.13. The molecular weight excluding hydrogens is 214 g/mol. The lowest BCUT2D eigenvalue weighted by molar-refractivity contribution is -0.899. The number of quaternary nitrogens is 1. The van der Waals surface area contributed by atoms with Gasteiger partial charge in [0.15, 0.2) is 0 Å². The first-order chi connectivity index (χ1) is 8.26. The van der Waals surface area contributed by atoms with Crippen molar-refractivity contribution in [2.45, 2.75) is 26.6 Å². The van der Waals surface area contributed by atoms with Crippen LogP contribution in [-0.2, 0) is 11.3 Å². The van der Waals surface area contributed by atoms with Crippen LogP contribution in [0.5, 0.6) is 0 Å². The Balaban J connectivity index is 2.18. The van der Waals surface area contributed by atoms with Gasteiger partial charge in [-0.2, -0.15) is 0 Å². The van der Waals surface area contributed by atoms with E-state index in [4.69, 9.17) is 4.74 Å². The third-order valence-electron chi connectivity index (χ3n) is 2.95. The van der Waals surface area contributed by atoms with Crippen molar-refractivity contribution in [2.24, 2.45) is 0 Å². The van der Waals surface area contributed by atoms with Gasteiger partial charge < -0.3 is 14.7 Å². The van der Waals surface area contributed by atoms with Gasteiger partial charge in [-0.25, -0.2) is 0 Å². The second-order valence-electron chi connectivity index (χ2n) is 4.32. The van der Waals surface area contributed by atoms with Gasteiger partial charge in [-0.05, 0) is 19.4 Å². The molecule has 0 bridgehead atoms. The van der Waals surface area contributed by atoms with Crippen molar-refractivity contribution in [1.82, 2.24) is 0 Å². The maximum Gasteiger partial charge on any atom is 0.126 e. The van der Waals surface area contributed by atoms with Crippen molar-refractivity contribution in [2.75, 3.05) is 26.2 Å². The first kappa shape index (κ1) is 14.2. The summed E-state index contributed by atoms with van der Waals surface area (Å²) in [5, 5.41) is 9.81. The summed E-state index contributed by atoms with van der Waals surface area (Å²) in [4.78, 5) is 1.40. The minimum Gasteiger partial charge on any atom is -0.385 e. The van der Waals surface area contributed by atoms with Gasteiger partial charge in [0.2, 0.25) is 0 Å². The Kier molecular flexibility index (Phi) is 6.86. The predicted octanol–water partition coefficient (Wildman–Crippen LogP) is 0.489. The number of likely N-dealkylation sites (N-methyl/N-ethyl adjacent to an activating group) is 1. The molecular formula is C14H24NO2+. The highest BCUT2D eigenvalue weighted by Gasteiger charge is 2.11. The molecule has 1 rings (SSSR count). The lowest BCUT2D eigenvalue weighted by Crippen LogP contribution is -3.12. The van der Waals surface area contributed by atoms with Gasteiger partial charge in [0.25, 0.3) is 0 Å². The summed E-state index contributed by atoms with van der Waals surface area (Å²) in [6, 6.07) is 10.0. The van der Waals surface area contributed by atoms with E-state index in [9.17, 15) is 5.11 Å². The number of benzene rings is 1. The Bertz CT molecular complexity index is 286. The number of ether oxygens (including phenoxy) is 1. The number of hydrogen-bond acceptors (Lipinski definition) is 2. The van der Waals surface area contributed by atoms with Crippen LogP contribution in [-0.4, -0.2) is 37.5 Å². The van der Waals surface area contributed by atoms with Gasteiger partial charge in [0.05, 0.1) is 26.3 Å². The summed E-state index contributed by atoms with van der Waals surface area (Å²) >= 11 is 0. The summed E-state index contributed by atoms with van der Waals surface area (Å²) in [5.74, 6) is 0. The fourth-order valence-corrected chi connectivity index (χ4v) is 1.82. The van der Waals surface area contributed by atoms with Crippen LogP contribution in [0.1, 0.15) is 19.4 Å². The maximum absolute atomic E-state index is 9.81. The van der Waals surface area contributed by atoms with Crippen molar-refractivity contribution in [3.8, 4) is 0 Å². The molecule has 0 aliphatic carbocycles. The molecule has 1 aromatic rings. The zero-order valence-electron chi connectivity index (χ0n) is 10.9. The SMILES string of the molecule is CC[NH+](CC)CC(O)COCc1ccccc1. The van der Waals surface area contributed by atoms with E-state index in [1.165, 1.54) is 4.90 Å². The molecule has 96 valence electrons. The van der Waals surface area contributed by atoms with Crippen LogP contribution in [0.2, 0.25) is 0 Å². The van der Waals surface area contributed by atoms with Gasteiger partial charge in [-0.15, -0.1) is 0 Å². The molecule has 1 aromatic carbocycles. The van der Waals surface area contributed by atoms with Crippen molar-refractivity contribution in [3.63, 3.8) is 0 Å². The number of nitrogens with one attached hydrogen (secondary N) is 1. The van der Waals surface area contributed by atoms with Crippen LogP contribution in [0.25, 0.3) is 0 Å². The van der Waals surface area contributed by atoms with Crippen LogP contribution in [0, 0.1) is 0 Å². The summed E-state index contributed by atoms with van der Waals surface area (Å²) < 4.78 is 5.51. The second-order valence-corrected chi connectivity index (χ2v) is 4.32. The molecule has 0 fully saturated rings. The minimum atomic E-state index is -0.367. The number of aliphatic hydroxyl groups is 1. The van der Waals surface area contributed by atoms with E-state index in [2.05, 4.69) is 13.8 Å². The summed E-state index contributed by atoms with van der Waals surface area (Å²) in [5.41, 5.74) is 1.15. The van der Waals surface area contributed by atoms with Crippen LogP contribution < -0.4 is 4.90 Å². The zero-order chi connectivity index (χ0) is 12.5. The average Bonchev–Trinajstić information content (AvgIpc) is 2.37. The van der Waals surface area contributed by atoms with Gasteiger partial charge >= 0.3 is 0 Å². The third kappa shape index (κ3) is 5.82. The van der Waals surface area contributed by atoms with Crippen molar-refractivity contribution in [3.05, 3.63) is 35.9 Å². The molecule has 1 unspecified atom stereocenters. The van der Waals surface area contributed by atoms with Crippen LogP contribution >= 0.6 is 0 Å². The molecule has 17 heavy (non-hydrogen) atoms. The topological polar surface area (TPSA) is 33.9 Å². The van der Waals surface area contributed by atoms with E-state index in [0.717, 1.165) is 25.2 Å². The quantitative estimate of drug-likeness (QED) is 0.691. The van der Waals surface area contributed by atoms with E-state index >= 15 is 0 Å². The minimum absolute atomic E-state index is 0.367. The standard InChI is InChI=1S/C14H23NO2/c1-3-15(4-2)10-14(16)12-17-11-13-8-6-5-7-9-13/h5-9,14,16H,3-4,10-12H2,1-2H3/p+1. The fourth-order valence-electron chi connectivity index (χ4n) is 1.82. The maximum atomic E-state index is 9.81. The molecule has 0 spiro atoms. The summed E-state index contributed by atoms with van der Waals surface area (Å²) in [6.07, 6.45) is -0.367. The Hall–Kier alpha value is -0.900. The van der Waals surface area contributed by atoms with E-state index < -0.39 is 0 Å². The average molecular weight is 238 g/mol. The fraction of sp³-hybridized carbons (Fsp3) is 0.571.